The minimum absolute atomic E-state index is 0.166. The molecule has 2 unspecified atom stereocenters. The normalized spacial score (nSPS) is 15.5. The van der Waals surface area contributed by atoms with Crippen LogP contribution in [0.25, 0.3) is 54.9 Å². The monoisotopic (exact) mass is 1380 g/mol. The molecule has 0 fully saturated rings. The molecule has 20 rings (SSSR count). The van der Waals surface area contributed by atoms with Crippen LogP contribution in [-0.4, -0.2) is 0 Å². The molecular weight excluding hydrogens is 1310 g/mol. The molecule has 0 N–H and O–H groups in total. The van der Waals surface area contributed by atoms with E-state index in [2.05, 4.69) is 231 Å². The number of rotatable bonds is 15. The van der Waals surface area contributed by atoms with E-state index in [9.17, 15) is 0 Å². The molecule has 0 aromatic heterocycles. The standard InChI is InChI=1S/C98H64F4N2O2/c99-75-35-51-95(93(101)57-75)103(79-41-49-87-85-13-5-7-15-89(85)97(91(87)59-79,73-29-21-61-9-1-3-11-67(61)53-73)71-31-45-81(46-32-71)105-83-43-27-65-17-19-69(65)55-83)77-37-23-63(24-38-77)64-25-39-78(40-26-64)104(96-52-36-76(100)58-94(96)102)80-42-50-88-86-14-6-8-16-90(86)98(92(88)60-80,74-30-22-62-10-2-4-12-68(62)54-74)72-33-47-82(48-34-72)106-84-44-28-66-18-20-70(66)56-84/h1-16,21-60H,17-20H2. The van der Waals surface area contributed by atoms with Gasteiger partial charge in [0.15, 0.2) is 0 Å². The maximum absolute atomic E-state index is 16.9. The first-order valence-corrected chi connectivity index (χ1v) is 36.1. The molecule has 0 saturated carbocycles. The van der Waals surface area contributed by atoms with E-state index in [1.165, 1.54) is 46.5 Å². The Morgan fingerprint density at radius 2 is 0.604 bits per heavy atom. The van der Waals surface area contributed by atoms with Crippen LogP contribution >= 0.6 is 0 Å². The maximum atomic E-state index is 16.9. The molecule has 0 spiro atoms. The van der Waals surface area contributed by atoms with Gasteiger partial charge in [-0.3, -0.25) is 0 Å². The second-order valence-corrected chi connectivity index (χ2v) is 28.2. The van der Waals surface area contributed by atoms with E-state index in [-0.39, 0.29) is 11.4 Å². The molecule has 4 aliphatic rings. The minimum Gasteiger partial charge on any atom is -0.457 e. The van der Waals surface area contributed by atoms with Crippen LogP contribution in [0.1, 0.15) is 66.8 Å². The van der Waals surface area contributed by atoms with Gasteiger partial charge in [0, 0.05) is 34.9 Å². The average molecular weight is 1380 g/mol. The lowest BCUT2D eigenvalue weighted by Gasteiger charge is -2.35. The third-order valence-corrected chi connectivity index (χ3v) is 22.6. The Bertz CT molecular complexity index is 5850. The summed E-state index contributed by atoms with van der Waals surface area (Å²) < 4.78 is 77.2. The van der Waals surface area contributed by atoms with Crippen molar-refractivity contribution < 1.29 is 27.0 Å². The quantitative estimate of drug-likeness (QED) is 0.0955. The predicted molar refractivity (Wildman–Crippen MR) is 419 cm³/mol. The van der Waals surface area contributed by atoms with Gasteiger partial charge >= 0.3 is 0 Å². The predicted octanol–water partition coefficient (Wildman–Crippen LogP) is 25.7. The van der Waals surface area contributed by atoms with Crippen molar-refractivity contribution >= 4 is 55.7 Å². The molecule has 2 atom stereocenters. The Morgan fingerprint density at radius 3 is 1.00 bits per heavy atom. The van der Waals surface area contributed by atoms with Crippen LogP contribution in [0, 0.1) is 23.3 Å². The Balaban J connectivity index is 0.683. The van der Waals surface area contributed by atoms with Crippen molar-refractivity contribution in [1.82, 2.24) is 0 Å². The molecule has 0 radical (unpaired) electrons. The van der Waals surface area contributed by atoms with Crippen molar-refractivity contribution in [2.24, 2.45) is 0 Å². The van der Waals surface area contributed by atoms with Crippen LogP contribution in [0.2, 0.25) is 0 Å². The van der Waals surface area contributed by atoms with Crippen molar-refractivity contribution in [2.45, 2.75) is 36.5 Å². The van der Waals surface area contributed by atoms with E-state index >= 15 is 17.6 Å². The molecule has 4 nitrogen and oxygen atoms in total. The number of halogens is 4. The summed E-state index contributed by atoms with van der Waals surface area (Å²) in [7, 11) is 0. The van der Waals surface area contributed by atoms with Gasteiger partial charge in [-0.2, -0.15) is 0 Å². The average Bonchev–Trinajstić information content (AvgIpc) is 1.52. The fourth-order valence-corrected chi connectivity index (χ4v) is 17.3. The highest BCUT2D eigenvalue weighted by Crippen LogP contribution is 2.60. The zero-order valence-electron chi connectivity index (χ0n) is 57.4. The summed E-state index contributed by atoms with van der Waals surface area (Å²) in [5.74, 6) is 0.227. The smallest absolute Gasteiger partial charge is 0.150 e. The van der Waals surface area contributed by atoms with E-state index in [0.717, 1.165) is 160 Å². The van der Waals surface area contributed by atoms with E-state index in [0.29, 0.717) is 22.7 Å². The molecule has 0 heterocycles. The Morgan fingerprint density at radius 1 is 0.245 bits per heavy atom. The largest absolute Gasteiger partial charge is 0.457 e. The summed E-state index contributed by atoms with van der Waals surface area (Å²) >= 11 is 0. The lowest BCUT2D eigenvalue weighted by Crippen LogP contribution is -2.29. The number of nitrogens with zero attached hydrogens (tertiary/aromatic N) is 2. The van der Waals surface area contributed by atoms with Crippen molar-refractivity contribution in [3.05, 3.63) is 430 Å². The van der Waals surface area contributed by atoms with Crippen LogP contribution in [0.5, 0.6) is 23.0 Å². The van der Waals surface area contributed by atoms with Gasteiger partial charge in [0.05, 0.1) is 22.2 Å². The summed E-state index contributed by atoms with van der Waals surface area (Å²) in [5.41, 5.74) is 20.9. The second kappa shape index (κ2) is 24.9. The number of fused-ring (bicyclic) bond motifs is 10. The van der Waals surface area contributed by atoms with Crippen molar-refractivity contribution in [2.75, 3.05) is 9.80 Å². The molecule has 0 bridgehead atoms. The van der Waals surface area contributed by atoms with Gasteiger partial charge in [-0.05, 0) is 281 Å². The highest BCUT2D eigenvalue weighted by atomic mass is 19.1. The van der Waals surface area contributed by atoms with Gasteiger partial charge in [-0.25, -0.2) is 17.6 Å². The summed E-state index contributed by atoms with van der Waals surface area (Å²) in [6.45, 7) is 0. The van der Waals surface area contributed by atoms with Gasteiger partial charge in [-0.15, -0.1) is 0 Å². The Labute approximate surface area is 611 Å². The SMILES string of the molecule is Fc1ccc(N(c2ccc(-c3ccc(N(c4ccc5c(c4)C(c4ccc(Oc6ccc7c(c6)CC7)cc4)(c4ccc6ccccc6c4)c4ccccc4-5)c4ccc(F)cc4F)cc3)cc2)c2ccc3c(c2)C(c2ccc(Oc4ccc5c(c4)CC5)cc2)(c2ccc4ccccc4c2)c2ccccc2-3)c(F)c1. The molecule has 0 saturated heterocycles. The number of anilines is 6. The van der Waals surface area contributed by atoms with Crippen LogP contribution < -0.4 is 19.3 Å². The summed E-state index contributed by atoms with van der Waals surface area (Å²) in [6.07, 6.45) is 4.29. The number of hydrogen-bond donors (Lipinski definition) is 0. The fraction of sp³-hybridized carbons (Fsp3) is 0.0612. The first kappa shape index (κ1) is 62.7. The van der Waals surface area contributed by atoms with E-state index in [1.54, 1.807) is 0 Å². The fourth-order valence-electron chi connectivity index (χ4n) is 17.3. The summed E-state index contributed by atoms with van der Waals surface area (Å²) in [4.78, 5) is 3.72. The lowest BCUT2D eigenvalue weighted by molar-refractivity contribution is 0.480. The van der Waals surface area contributed by atoms with Crippen LogP contribution in [0.3, 0.4) is 0 Å². The van der Waals surface area contributed by atoms with Gasteiger partial charge in [0.2, 0.25) is 0 Å². The highest BCUT2D eigenvalue weighted by Gasteiger charge is 2.49. The second-order valence-electron chi connectivity index (χ2n) is 28.2. The first-order valence-electron chi connectivity index (χ1n) is 36.1. The number of benzene rings is 16. The van der Waals surface area contributed by atoms with E-state index in [4.69, 9.17) is 9.47 Å². The molecule has 16 aromatic carbocycles. The van der Waals surface area contributed by atoms with Crippen molar-refractivity contribution in [3.63, 3.8) is 0 Å². The first-order chi connectivity index (χ1) is 52.1. The molecule has 16 aromatic rings. The zero-order valence-corrected chi connectivity index (χ0v) is 57.4. The van der Waals surface area contributed by atoms with E-state index in [1.807, 2.05) is 82.6 Å². The van der Waals surface area contributed by atoms with Gasteiger partial charge < -0.3 is 19.3 Å². The Kier molecular flexibility index (Phi) is 14.7. The third-order valence-electron chi connectivity index (χ3n) is 22.6. The topological polar surface area (TPSA) is 24.9 Å². The maximum Gasteiger partial charge on any atom is 0.150 e. The molecule has 0 amide bonds. The van der Waals surface area contributed by atoms with E-state index < -0.39 is 34.1 Å². The Hall–Kier alpha value is -13.0. The minimum atomic E-state index is -0.872. The van der Waals surface area contributed by atoms with Gasteiger partial charge in [0.1, 0.15) is 46.3 Å². The van der Waals surface area contributed by atoms with Crippen LogP contribution in [0.4, 0.5) is 51.7 Å². The van der Waals surface area contributed by atoms with Crippen LogP contribution in [-0.2, 0) is 36.5 Å². The number of hydrogen-bond acceptors (Lipinski definition) is 4. The molecule has 8 heteroatoms. The highest BCUT2D eigenvalue weighted by molar-refractivity contribution is 5.95. The zero-order chi connectivity index (χ0) is 70.8. The lowest BCUT2D eigenvalue weighted by atomic mass is 9.67. The van der Waals surface area contributed by atoms with Crippen molar-refractivity contribution in [3.8, 4) is 56.4 Å². The molecule has 106 heavy (non-hydrogen) atoms. The molecule has 4 aliphatic carbocycles. The van der Waals surface area contributed by atoms with Crippen LogP contribution in [0.15, 0.2) is 340 Å². The van der Waals surface area contributed by atoms with Gasteiger partial charge in [-0.1, -0.05) is 194 Å². The number of aryl methyl sites for hydroxylation is 4. The third kappa shape index (κ3) is 10.2. The number of ether oxygens (including phenoxy) is 2. The van der Waals surface area contributed by atoms with Gasteiger partial charge in [0.25, 0.3) is 0 Å². The van der Waals surface area contributed by atoms with Crippen molar-refractivity contribution in [1.29, 1.82) is 0 Å². The summed E-state index contributed by atoms with van der Waals surface area (Å²) in [6, 6.07) is 113. The molecular formula is C98H64F4N2O2. The summed E-state index contributed by atoms with van der Waals surface area (Å²) in [5, 5.41) is 4.42. The molecule has 0 aliphatic heterocycles. The molecule has 506 valence electrons.